The van der Waals surface area contributed by atoms with Crippen LogP contribution in [-0.4, -0.2) is 45.7 Å². The molecule has 0 saturated heterocycles. The number of carbonyl (C=O) groups excluding carboxylic acids is 1. The van der Waals surface area contributed by atoms with Crippen molar-refractivity contribution in [2.24, 2.45) is 0 Å². The lowest BCUT2D eigenvalue weighted by molar-refractivity contribution is -0.136. The molecule has 0 fully saturated rings. The van der Waals surface area contributed by atoms with E-state index in [9.17, 15) is 18.0 Å². The number of sulfonamides is 1. The molecule has 0 saturated carbocycles. The molecule has 188 valence electrons. The molecule has 11 heteroatoms. The van der Waals surface area contributed by atoms with Gasteiger partial charge >= 0.3 is 5.97 Å². The number of carboxylic acid groups (broad SMARTS) is 1. The van der Waals surface area contributed by atoms with Gasteiger partial charge in [0.1, 0.15) is 23.0 Å². The third kappa shape index (κ3) is 5.39. The summed E-state index contributed by atoms with van der Waals surface area (Å²) in [6.45, 7) is 0.169. The molecule has 0 aromatic heterocycles. The number of hydrogen-bond acceptors (Lipinski definition) is 6. The first-order chi connectivity index (χ1) is 17.2. The van der Waals surface area contributed by atoms with Crippen LogP contribution in [0, 0.1) is 0 Å². The summed E-state index contributed by atoms with van der Waals surface area (Å²) in [4.78, 5) is 23.6. The fraction of sp³-hybridized carbons (Fsp3) is 0.200. The standard InChI is InChI=1S/C25H23ClN2O7S/c1-34-22-10-6-18(26)15-23(22)36(32,33)28-12-13-35-21-9-5-17(14-20(21)28)25(31)27-19-7-2-16(3-8-19)4-11-24(29)30/h2-3,5-10,14-15H,4,11-13H2,1H3,(H,27,31)(H,29,30). The van der Waals surface area contributed by atoms with Crippen LogP contribution in [0.3, 0.4) is 0 Å². The van der Waals surface area contributed by atoms with E-state index < -0.39 is 21.9 Å². The molecule has 3 aromatic rings. The molecule has 9 nitrogen and oxygen atoms in total. The van der Waals surface area contributed by atoms with Crippen LogP contribution in [0.15, 0.2) is 65.6 Å². The summed E-state index contributed by atoms with van der Waals surface area (Å²) in [5, 5.41) is 11.8. The number of anilines is 2. The van der Waals surface area contributed by atoms with E-state index in [2.05, 4.69) is 5.32 Å². The Kier molecular flexibility index (Phi) is 7.37. The predicted molar refractivity (Wildman–Crippen MR) is 135 cm³/mol. The normalized spacial score (nSPS) is 12.9. The minimum atomic E-state index is -4.09. The first-order valence-electron chi connectivity index (χ1n) is 10.9. The minimum absolute atomic E-state index is 0.0172. The van der Waals surface area contributed by atoms with E-state index in [4.69, 9.17) is 26.2 Å². The number of fused-ring (bicyclic) bond motifs is 1. The van der Waals surface area contributed by atoms with Crippen LogP contribution in [0.2, 0.25) is 5.02 Å². The lowest BCUT2D eigenvalue weighted by Crippen LogP contribution is -2.38. The molecule has 1 amide bonds. The number of carboxylic acids is 1. The molecule has 1 heterocycles. The van der Waals surface area contributed by atoms with Crippen molar-refractivity contribution in [2.45, 2.75) is 17.7 Å². The third-order valence-corrected chi connectivity index (χ3v) is 7.64. The van der Waals surface area contributed by atoms with Gasteiger partial charge in [-0.15, -0.1) is 0 Å². The van der Waals surface area contributed by atoms with Crippen LogP contribution in [-0.2, 0) is 21.2 Å². The van der Waals surface area contributed by atoms with E-state index in [1.165, 1.54) is 35.7 Å². The van der Waals surface area contributed by atoms with Gasteiger partial charge in [-0.3, -0.25) is 13.9 Å². The Morgan fingerprint density at radius 2 is 1.86 bits per heavy atom. The summed E-state index contributed by atoms with van der Waals surface area (Å²) in [7, 11) is -2.72. The number of benzene rings is 3. The van der Waals surface area contributed by atoms with Crippen LogP contribution < -0.4 is 19.1 Å². The highest BCUT2D eigenvalue weighted by atomic mass is 35.5. The lowest BCUT2D eigenvalue weighted by atomic mass is 10.1. The van der Waals surface area contributed by atoms with Crippen molar-refractivity contribution in [3.63, 3.8) is 0 Å². The van der Waals surface area contributed by atoms with Crippen molar-refractivity contribution < 1.29 is 32.6 Å². The van der Waals surface area contributed by atoms with Crippen LogP contribution in [0.5, 0.6) is 11.5 Å². The van der Waals surface area contributed by atoms with E-state index in [0.29, 0.717) is 17.9 Å². The number of nitrogens with zero attached hydrogens (tertiary/aromatic N) is 1. The van der Waals surface area contributed by atoms with Gasteiger partial charge in [0.2, 0.25) is 0 Å². The van der Waals surface area contributed by atoms with Gasteiger partial charge in [-0.2, -0.15) is 0 Å². The number of ether oxygens (including phenoxy) is 2. The largest absolute Gasteiger partial charge is 0.495 e. The van der Waals surface area contributed by atoms with E-state index in [1.54, 1.807) is 36.4 Å². The Morgan fingerprint density at radius 3 is 2.56 bits per heavy atom. The van der Waals surface area contributed by atoms with Gasteiger partial charge in [-0.25, -0.2) is 8.42 Å². The summed E-state index contributed by atoms with van der Waals surface area (Å²) in [6.07, 6.45) is 0.402. The number of aryl methyl sites for hydroxylation is 1. The average molecular weight is 531 g/mol. The first-order valence-corrected chi connectivity index (χ1v) is 12.8. The van der Waals surface area contributed by atoms with Gasteiger partial charge in [-0.05, 0) is 60.5 Å². The summed E-state index contributed by atoms with van der Waals surface area (Å²) in [5.74, 6) is -0.855. The number of halogens is 1. The molecule has 1 aliphatic heterocycles. The third-order valence-electron chi connectivity index (χ3n) is 5.57. The molecule has 0 unspecified atom stereocenters. The zero-order valence-electron chi connectivity index (χ0n) is 19.2. The highest BCUT2D eigenvalue weighted by molar-refractivity contribution is 7.93. The lowest BCUT2D eigenvalue weighted by Gasteiger charge is -2.31. The molecule has 3 aromatic carbocycles. The molecular weight excluding hydrogens is 508 g/mol. The second kappa shape index (κ2) is 10.5. The van der Waals surface area contributed by atoms with Crippen molar-refractivity contribution in [2.75, 3.05) is 29.9 Å². The topological polar surface area (TPSA) is 122 Å². The summed E-state index contributed by atoms with van der Waals surface area (Å²) in [6, 6.07) is 15.7. The zero-order chi connectivity index (χ0) is 25.9. The minimum Gasteiger partial charge on any atom is -0.495 e. The fourth-order valence-electron chi connectivity index (χ4n) is 3.76. The number of methoxy groups -OCH3 is 1. The van der Waals surface area contributed by atoms with Crippen LogP contribution in [0.25, 0.3) is 0 Å². The maximum absolute atomic E-state index is 13.6. The van der Waals surface area contributed by atoms with E-state index >= 15 is 0 Å². The molecule has 0 aliphatic carbocycles. The highest BCUT2D eigenvalue weighted by Crippen LogP contribution is 2.38. The van der Waals surface area contributed by atoms with Crippen molar-refractivity contribution >= 4 is 44.9 Å². The predicted octanol–water partition coefficient (Wildman–Crippen LogP) is 4.21. The fourth-order valence-corrected chi connectivity index (χ4v) is 5.64. The van der Waals surface area contributed by atoms with Crippen LogP contribution in [0.4, 0.5) is 11.4 Å². The first kappa shape index (κ1) is 25.3. The van der Waals surface area contributed by atoms with Gasteiger partial charge in [-0.1, -0.05) is 23.7 Å². The summed E-state index contributed by atoms with van der Waals surface area (Å²) in [5.41, 5.74) is 1.80. The van der Waals surface area contributed by atoms with Crippen molar-refractivity contribution in [1.29, 1.82) is 0 Å². The number of hydrogen-bond donors (Lipinski definition) is 2. The number of nitrogens with one attached hydrogen (secondary N) is 1. The Morgan fingerprint density at radius 1 is 1.11 bits per heavy atom. The van der Waals surface area contributed by atoms with E-state index in [-0.39, 0.29) is 46.5 Å². The molecule has 0 radical (unpaired) electrons. The van der Waals surface area contributed by atoms with Crippen LogP contribution in [0.1, 0.15) is 22.3 Å². The maximum Gasteiger partial charge on any atom is 0.303 e. The van der Waals surface area contributed by atoms with Gasteiger partial charge < -0.3 is 19.9 Å². The maximum atomic E-state index is 13.6. The van der Waals surface area contributed by atoms with E-state index in [1.807, 2.05) is 0 Å². The smallest absolute Gasteiger partial charge is 0.303 e. The molecule has 1 aliphatic rings. The second-order valence-electron chi connectivity index (χ2n) is 7.95. The molecular formula is C25H23ClN2O7S. The number of aliphatic carboxylic acids is 1. The SMILES string of the molecule is COc1ccc(Cl)cc1S(=O)(=O)N1CCOc2ccc(C(=O)Nc3ccc(CCC(=O)O)cc3)cc21. The van der Waals surface area contributed by atoms with E-state index in [0.717, 1.165) is 5.56 Å². The van der Waals surface area contributed by atoms with Crippen molar-refractivity contribution in [1.82, 2.24) is 0 Å². The van der Waals surface area contributed by atoms with Gasteiger partial charge in [0.25, 0.3) is 15.9 Å². The van der Waals surface area contributed by atoms with Gasteiger partial charge in [0.05, 0.1) is 19.3 Å². The molecule has 4 rings (SSSR count). The summed E-state index contributed by atoms with van der Waals surface area (Å²) < 4.78 is 39.2. The van der Waals surface area contributed by atoms with Crippen molar-refractivity contribution in [3.05, 3.63) is 76.8 Å². The number of carbonyl (C=O) groups is 2. The number of amides is 1. The molecule has 2 N–H and O–H groups in total. The monoisotopic (exact) mass is 530 g/mol. The quantitative estimate of drug-likeness (QED) is 0.447. The molecule has 0 bridgehead atoms. The zero-order valence-corrected chi connectivity index (χ0v) is 20.8. The Bertz CT molecular complexity index is 1410. The van der Waals surface area contributed by atoms with Gasteiger partial charge in [0, 0.05) is 22.7 Å². The Balaban J connectivity index is 1.60. The number of rotatable bonds is 8. The summed E-state index contributed by atoms with van der Waals surface area (Å²) >= 11 is 6.06. The van der Waals surface area contributed by atoms with Crippen molar-refractivity contribution in [3.8, 4) is 11.5 Å². The van der Waals surface area contributed by atoms with Gasteiger partial charge in [0.15, 0.2) is 0 Å². The average Bonchev–Trinajstić information content (AvgIpc) is 2.87. The molecule has 36 heavy (non-hydrogen) atoms. The molecule has 0 atom stereocenters. The Labute approximate surface area is 213 Å². The highest BCUT2D eigenvalue weighted by Gasteiger charge is 2.33. The Hall–Kier alpha value is -3.76. The second-order valence-corrected chi connectivity index (χ2v) is 10.2. The molecule has 0 spiro atoms. The van der Waals surface area contributed by atoms with Crippen LogP contribution >= 0.6 is 11.6 Å².